The number of carbonyl (C=O) groups is 1. The Morgan fingerprint density at radius 2 is 1.84 bits per heavy atom. The van der Waals surface area contributed by atoms with Crippen molar-refractivity contribution in [1.29, 1.82) is 0 Å². The summed E-state index contributed by atoms with van der Waals surface area (Å²) < 4.78 is 37.8. The highest BCUT2D eigenvalue weighted by Crippen LogP contribution is 2.37. The molecule has 0 unspecified atom stereocenters. The number of aryl methyl sites for hydroxylation is 2. The number of nitrogens with one attached hydrogen (secondary N) is 1. The second kappa shape index (κ2) is 12.4. The molecule has 3 aromatic rings. The molecule has 1 N–H and O–H groups in total. The van der Waals surface area contributed by atoms with Crippen LogP contribution >= 0.6 is 27.5 Å². The van der Waals surface area contributed by atoms with Crippen LogP contribution in [0.2, 0.25) is 5.02 Å². The van der Waals surface area contributed by atoms with Gasteiger partial charge in [-0.25, -0.2) is 13.8 Å². The topological polar surface area (TPSA) is 97.3 Å². The number of benzene rings is 3. The first-order valence-electron chi connectivity index (χ1n) is 11.1. The first-order valence-corrected chi connectivity index (χ1v) is 14.1. The molecule has 0 aliphatic heterocycles. The van der Waals surface area contributed by atoms with Crippen molar-refractivity contribution < 1.29 is 22.7 Å². The summed E-state index contributed by atoms with van der Waals surface area (Å²) >= 11 is 9.54. The smallest absolute Gasteiger partial charge is 0.260 e. The summed E-state index contributed by atoms with van der Waals surface area (Å²) in [5.74, 6) is 0.393. The van der Waals surface area contributed by atoms with Gasteiger partial charge in [-0.2, -0.15) is 5.10 Å². The monoisotopic (exact) mass is 607 g/mol. The first kappa shape index (κ1) is 28.5. The van der Waals surface area contributed by atoms with Crippen LogP contribution in [0, 0.1) is 13.8 Å². The Kier molecular flexibility index (Phi) is 9.58. The van der Waals surface area contributed by atoms with E-state index >= 15 is 0 Å². The fourth-order valence-corrected chi connectivity index (χ4v) is 5.02. The molecule has 8 nitrogen and oxygen atoms in total. The molecule has 196 valence electrons. The minimum Gasteiger partial charge on any atom is -0.493 e. The van der Waals surface area contributed by atoms with Crippen molar-refractivity contribution in [3.05, 3.63) is 86.3 Å². The third-order valence-corrected chi connectivity index (χ3v) is 7.24. The van der Waals surface area contributed by atoms with E-state index in [1.165, 1.54) is 25.0 Å². The highest BCUT2D eigenvalue weighted by Gasteiger charge is 2.22. The Morgan fingerprint density at radius 3 is 2.49 bits per heavy atom. The number of methoxy groups -OCH3 is 1. The van der Waals surface area contributed by atoms with Crippen molar-refractivity contribution in [2.75, 3.05) is 24.2 Å². The van der Waals surface area contributed by atoms with Crippen LogP contribution in [-0.4, -0.2) is 40.4 Å². The van der Waals surface area contributed by atoms with Crippen LogP contribution in [0.1, 0.15) is 22.3 Å². The number of anilines is 1. The SMILES string of the molecule is COc1cc(/C=N\NC(=O)CN(c2cc(Cl)ccc2C)S(C)(=O)=O)cc(Br)c1OCc1ccc(C)cc1. The number of hydrogen-bond donors (Lipinski definition) is 1. The second-order valence-corrected chi connectivity index (χ2v) is 11.5. The largest absolute Gasteiger partial charge is 0.493 e. The van der Waals surface area contributed by atoms with E-state index in [1.54, 1.807) is 31.2 Å². The van der Waals surface area contributed by atoms with E-state index in [4.69, 9.17) is 21.1 Å². The molecular weight excluding hydrogens is 582 g/mol. The van der Waals surface area contributed by atoms with Gasteiger partial charge in [-0.05, 0) is 70.7 Å². The zero-order valence-corrected chi connectivity index (χ0v) is 23.9. The van der Waals surface area contributed by atoms with Crippen molar-refractivity contribution >= 4 is 55.4 Å². The van der Waals surface area contributed by atoms with Gasteiger partial charge < -0.3 is 9.47 Å². The lowest BCUT2D eigenvalue weighted by atomic mass is 10.2. The third-order valence-electron chi connectivity index (χ3n) is 5.29. The predicted octanol–water partition coefficient (Wildman–Crippen LogP) is 5.22. The Balaban J connectivity index is 1.69. The Morgan fingerprint density at radius 1 is 1.14 bits per heavy atom. The van der Waals surface area contributed by atoms with Crippen molar-refractivity contribution in [2.24, 2.45) is 5.10 Å². The van der Waals surface area contributed by atoms with E-state index in [0.29, 0.717) is 44.4 Å². The lowest BCUT2D eigenvalue weighted by Crippen LogP contribution is -2.39. The minimum absolute atomic E-state index is 0.323. The maximum absolute atomic E-state index is 12.5. The quantitative estimate of drug-likeness (QED) is 0.251. The number of hydrogen-bond acceptors (Lipinski definition) is 6. The zero-order valence-electron chi connectivity index (χ0n) is 20.8. The van der Waals surface area contributed by atoms with Crippen LogP contribution in [0.5, 0.6) is 11.5 Å². The highest BCUT2D eigenvalue weighted by molar-refractivity contribution is 9.10. The number of carbonyl (C=O) groups excluding carboxylic acids is 1. The molecule has 0 radical (unpaired) electrons. The van der Waals surface area contributed by atoms with Crippen LogP contribution in [0.25, 0.3) is 0 Å². The van der Waals surface area contributed by atoms with Gasteiger partial charge in [0.05, 0.1) is 29.7 Å². The average molecular weight is 609 g/mol. The summed E-state index contributed by atoms with van der Waals surface area (Å²) in [5.41, 5.74) is 6.16. The third kappa shape index (κ3) is 7.95. The van der Waals surface area contributed by atoms with Gasteiger partial charge in [-0.15, -0.1) is 0 Å². The van der Waals surface area contributed by atoms with Crippen LogP contribution < -0.4 is 19.2 Å². The average Bonchev–Trinajstić information content (AvgIpc) is 2.83. The maximum Gasteiger partial charge on any atom is 0.260 e. The van der Waals surface area contributed by atoms with Crippen LogP contribution in [0.4, 0.5) is 5.69 Å². The zero-order chi connectivity index (χ0) is 27.2. The summed E-state index contributed by atoms with van der Waals surface area (Å²) in [6.45, 7) is 3.66. The van der Waals surface area contributed by atoms with E-state index < -0.39 is 22.5 Å². The molecule has 0 heterocycles. The normalized spacial score (nSPS) is 11.4. The van der Waals surface area contributed by atoms with Crippen LogP contribution in [0.15, 0.2) is 64.2 Å². The molecule has 37 heavy (non-hydrogen) atoms. The van der Waals surface area contributed by atoms with E-state index in [1.807, 2.05) is 31.2 Å². The van der Waals surface area contributed by atoms with Crippen LogP contribution in [0.3, 0.4) is 0 Å². The number of nitrogens with zero attached hydrogens (tertiary/aromatic N) is 2. The lowest BCUT2D eigenvalue weighted by molar-refractivity contribution is -0.119. The van der Waals surface area contributed by atoms with Crippen LogP contribution in [-0.2, 0) is 21.4 Å². The number of amides is 1. The second-order valence-electron chi connectivity index (χ2n) is 8.30. The molecule has 3 aromatic carbocycles. The summed E-state index contributed by atoms with van der Waals surface area (Å²) in [5, 5.41) is 4.33. The fraction of sp³-hybridized carbons (Fsp3) is 0.231. The molecule has 0 spiro atoms. The number of hydrazone groups is 1. The standard InChI is InChI=1S/C26H27BrClN3O5S/c1-17-5-8-19(9-6-17)16-36-26-22(27)11-20(12-24(26)35-3)14-29-30-25(32)15-31(37(4,33)34)23-13-21(28)10-7-18(23)2/h5-14H,15-16H2,1-4H3,(H,30,32)/b29-14-. The van der Waals surface area contributed by atoms with Crippen molar-refractivity contribution in [3.8, 4) is 11.5 Å². The van der Waals surface area contributed by atoms with Gasteiger partial charge >= 0.3 is 0 Å². The number of sulfonamides is 1. The van der Waals surface area contributed by atoms with Crippen molar-refractivity contribution in [1.82, 2.24) is 5.43 Å². The van der Waals surface area contributed by atoms with Gasteiger partial charge in [-0.3, -0.25) is 9.10 Å². The van der Waals surface area contributed by atoms with Gasteiger partial charge in [0, 0.05) is 5.02 Å². The molecule has 0 aromatic heterocycles. The van der Waals surface area contributed by atoms with E-state index in [9.17, 15) is 13.2 Å². The Bertz CT molecular complexity index is 1410. The lowest BCUT2D eigenvalue weighted by Gasteiger charge is -2.23. The van der Waals surface area contributed by atoms with Crippen molar-refractivity contribution in [3.63, 3.8) is 0 Å². The predicted molar refractivity (Wildman–Crippen MR) is 150 cm³/mol. The summed E-state index contributed by atoms with van der Waals surface area (Å²) in [6, 6.07) is 16.3. The number of halogens is 2. The number of ether oxygens (including phenoxy) is 2. The van der Waals surface area contributed by atoms with Gasteiger partial charge in [0.1, 0.15) is 13.2 Å². The summed E-state index contributed by atoms with van der Waals surface area (Å²) in [6.07, 6.45) is 2.44. The first-order chi connectivity index (χ1) is 17.5. The molecule has 0 saturated heterocycles. The summed E-state index contributed by atoms with van der Waals surface area (Å²) in [4.78, 5) is 12.5. The number of rotatable bonds is 10. The molecule has 3 rings (SSSR count). The Hall–Kier alpha value is -3.08. The molecule has 0 atom stereocenters. The van der Waals surface area contributed by atoms with E-state index in [2.05, 4.69) is 26.5 Å². The molecular formula is C26H27BrClN3O5S. The van der Waals surface area contributed by atoms with Crippen molar-refractivity contribution in [2.45, 2.75) is 20.5 Å². The minimum atomic E-state index is -3.75. The molecule has 0 aliphatic carbocycles. The van der Waals surface area contributed by atoms with E-state index in [0.717, 1.165) is 16.1 Å². The van der Waals surface area contributed by atoms with Gasteiger partial charge in [-0.1, -0.05) is 47.5 Å². The summed E-state index contributed by atoms with van der Waals surface area (Å²) in [7, 11) is -2.22. The molecule has 0 aliphatic rings. The Labute approximate surface area is 230 Å². The highest BCUT2D eigenvalue weighted by atomic mass is 79.9. The molecule has 0 saturated carbocycles. The van der Waals surface area contributed by atoms with E-state index in [-0.39, 0.29) is 0 Å². The fourth-order valence-electron chi connectivity index (χ4n) is 3.37. The molecule has 0 bridgehead atoms. The van der Waals surface area contributed by atoms with Gasteiger partial charge in [0.25, 0.3) is 5.91 Å². The van der Waals surface area contributed by atoms with Gasteiger partial charge in [0.2, 0.25) is 10.0 Å². The van der Waals surface area contributed by atoms with Gasteiger partial charge in [0.15, 0.2) is 11.5 Å². The molecule has 0 fully saturated rings. The molecule has 11 heteroatoms. The maximum atomic E-state index is 12.5. The molecule has 1 amide bonds.